The van der Waals surface area contributed by atoms with Gasteiger partial charge in [-0.3, -0.25) is 9.58 Å². The number of hydrogen-bond acceptors (Lipinski definition) is 5. The van der Waals surface area contributed by atoms with Crippen LogP contribution in [0.25, 0.3) is 0 Å². The molecule has 0 unspecified atom stereocenters. The molecule has 0 bridgehead atoms. The van der Waals surface area contributed by atoms with Crippen molar-refractivity contribution in [1.29, 1.82) is 0 Å². The van der Waals surface area contributed by atoms with E-state index in [0.717, 1.165) is 49.7 Å². The lowest BCUT2D eigenvalue weighted by Gasteiger charge is -2.34. The molecule has 0 aliphatic carbocycles. The molecule has 0 radical (unpaired) electrons. The summed E-state index contributed by atoms with van der Waals surface area (Å²) < 4.78 is 7.14. The Bertz CT molecular complexity index is 761. The van der Waals surface area contributed by atoms with Crippen molar-refractivity contribution in [2.75, 3.05) is 26.2 Å². The van der Waals surface area contributed by atoms with Crippen LogP contribution in [0.2, 0.25) is 0 Å². The number of urea groups is 1. The molecule has 0 saturated carbocycles. The van der Waals surface area contributed by atoms with Gasteiger partial charge in [0, 0.05) is 56.6 Å². The zero-order valence-corrected chi connectivity index (χ0v) is 16.9. The van der Waals surface area contributed by atoms with E-state index < -0.39 is 0 Å². The molecule has 2 aromatic rings. The summed E-state index contributed by atoms with van der Waals surface area (Å²) in [4.78, 5) is 16.7. The number of nitrogens with zero attached hydrogens (tertiary/aromatic N) is 5. The lowest BCUT2D eigenvalue weighted by atomic mass is 10.1. The Morgan fingerprint density at radius 1 is 1.22 bits per heavy atom. The van der Waals surface area contributed by atoms with E-state index in [0.29, 0.717) is 6.54 Å². The highest BCUT2D eigenvalue weighted by Gasteiger charge is 2.22. The molecule has 1 aliphatic rings. The molecule has 1 saturated heterocycles. The van der Waals surface area contributed by atoms with E-state index in [1.54, 1.807) is 0 Å². The zero-order chi connectivity index (χ0) is 19.6. The fourth-order valence-corrected chi connectivity index (χ4v) is 3.21. The van der Waals surface area contributed by atoms with E-state index in [4.69, 9.17) is 4.52 Å². The van der Waals surface area contributed by atoms with Gasteiger partial charge in [-0.25, -0.2) is 4.79 Å². The van der Waals surface area contributed by atoms with Gasteiger partial charge in [0.25, 0.3) is 0 Å². The molecule has 148 valence electrons. The first kappa shape index (κ1) is 19.4. The van der Waals surface area contributed by atoms with Crippen LogP contribution in [-0.2, 0) is 18.6 Å². The number of aromatic nitrogens is 3. The predicted octanol–water partition coefficient (Wildman–Crippen LogP) is 2.27. The van der Waals surface area contributed by atoms with E-state index >= 15 is 0 Å². The SMILES string of the molecule is Cc1noc(C)c1CNC(=O)N1CCN(Cc2cnn(C(C)(C)C)c2)CC1. The van der Waals surface area contributed by atoms with Crippen molar-refractivity contribution in [3.63, 3.8) is 0 Å². The Labute approximate surface area is 160 Å². The van der Waals surface area contributed by atoms with Crippen LogP contribution in [0.5, 0.6) is 0 Å². The van der Waals surface area contributed by atoms with Crippen molar-refractivity contribution in [3.05, 3.63) is 35.0 Å². The van der Waals surface area contributed by atoms with Crippen molar-refractivity contribution in [2.24, 2.45) is 0 Å². The first-order chi connectivity index (χ1) is 12.7. The average Bonchev–Trinajstić information content (AvgIpc) is 3.21. The summed E-state index contributed by atoms with van der Waals surface area (Å²) >= 11 is 0. The Hall–Kier alpha value is -2.35. The third-order valence-electron chi connectivity index (χ3n) is 4.99. The quantitative estimate of drug-likeness (QED) is 0.888. The van der Waals surface area contributed by atoms with Gasteiger partial charge in [-0.05, 0) is 34.6 Å². The normalized spacial score (nSPS) is 16.0. The largest absolute Gasteiger partial charge is 0.361 e. The molecular formula is C19H30N6O2. The molecule has 0 atom stereocenters. The summed E-state index contributed by atoms with van der Waals surface area (Å²) in [6.45, 7) is 14.7. The van der Waals surface area contributed by atoms with Crippen molar-refractivity contribution < 1.29 is 9.32 Å². The van der Waals surface area contributed by atoms with Gasteiger partial charge in [-0.1, -0.05) is 5.16 Å². The maximum atomic E-state index is 12.4. The summed E-state index contributed by atoms with van der Waals surface area (Å²) in [5, 5.41) is 11.4. The third kappa shape index (κ3) is 4.68. The summed E-state index contributed by atoms with van der Waals surface area (Å²) in [6.07, 6.45) is 4.05. The molecule has 8 nitrogen and oxygen atoms in total. The van der Waals surface area contributed by atoms with E-state index in [1.807, 2.05) is 29.6 Å². The predicted molar refractivity (Wildman–Crippen MR) is 102 cm³/mol. The second-order valence-electron chi connectivity index (χ2n) is 8.19. The highest BCUT2D eigenvalue weighted by atomic mass is 16.5. The number of aryl methyl sites for hydroxylation is 2. The monoisotopic (exact) mass is 374 g/mol. The third-order valence-corrected chi connectivity index (χ3v) is 4.99. The number of hydrogen-bond donors (Lipinski definition) is 1. The van der Waals surface area contributed by atoms with Crippen molar-refractivity contribution in [2.45, 2.75) is 53.2 Å². The molecule has 3 heterocycles. The molecule has 3 rings (SSSR count). The molecule has 8 heteroatoms. The second kappa shape index (κ2) is 7.72. The Morgan fingerprint density at radius 2 is 1.93 bits per heavy atom. The number of piperazine rings is 1. The highest BCUT2D eigenvalue weighted by Crippen LogP contribution is 2.15. The zero-order valence-electron chi connectivity index (χ0n) is 16.9. The summed E-state index contributed by atoms with van der Waals surface area (Å²) in [6, 6.07) is -0.0322. The minimum atomic E-state index is -0.0322. The Balaban J connectivity index is 1.45. The lowest BCUT2D eigenvalue weighted by Crippen LogP contribution is -2.51. The van der Waals surface area contributed by atoms with E-state index in [-0.39, 0.29) is 11.6 Å². The fraction of sp³-hybridized carbons (Fsp3) is 0.632. The molecule has 0 aromatic carbocycles. The van der Waals surface area contributed by atoms with Gasteiger partial charge in [0.1, 0.15) is 5.76 Å². The molecule has 1 N–H and O–H groups in total. The number of carbonyl (C=O) groups excluding carboxylic acids is 1. The van der Waals surface area contributed by atoms with Crippen LogP contribution >= 0.6 is 0 Å². The van der Waals surface area contributed by atoms with E-state index in [9.17, 15) is 4.79 Å². The van der Waals surface area contributed by atoms with Crippen molar-refractivity contribution in [1.82, 2.24) is 30.1 Å². The van der Waals surface area contributed by atoms with Crippen LogP contribution in [0.15, 0.2) is 16.9 Å². The minimum absolute atomic E-state index is 0.00372. The van der Waals surface area contributed by atoms with Gasteiger partial charge in [0.15, 0.2) is 0 Å². The Kier molecular flexibility index (Phi) is 5.55. The van der Waals surface area contributed by atoms with Gasteiger partial charge in [0.05, 0.1) is 17.4 Å². The summed E-state index contributed by atoms with van der Waals surface area (Å²) in [5.41, 5.74) is 2.99. The first-order valence-electron chi connectivity index (χ1n) is 9.45. The molecule has 1 aliphatic heterocycles. The molecule has 2 aromatic heterocycles. The van der Waals surface area contributed by atoms with Gasteiger partial charge in [0.2, 0.25) is 0 Å². The summed E-state index contributed by atoms with van der Waals surface area (Å²) in [7, 11) is 0. The topological polar surface area (TPSA) is 79.4 Å². The molecular weight excluding hydrogens is 344 g/mol. The van der Waals surface area contributed by atoms with Gasteiger partial charge < -0.3 is 14.7 Å². The maximum absolute atomic E-state index is 12.4. The fourth-order valence-electron chi connectivity index (χ4n) is 3.21. The van der Waals surface area contributed by atoms with E-state index in [1.165, 1.54) is 5.56 Å². The van der Waals surface area contributed by atoms with Crippen LogP contribution in [0.4, 0.5) is 4.79 Å². The highest BCUT2D eigenvalue weighted by molar-refractivity contribution is 5.74. The molecule has 0 spiro atoms. The molecule has 2 amide bonds. The van der Waals surface area contributed by atoms with Gasteiger partial charge in [-0.15, -0.1) is 0 Å². The van der Waals surface area contributed by atoms with Gasteiger partial charge in [-0.2, -0.15) is 5.10 Å². The van der Waals surface area contributed by atoms with E-state index in [2.05, 4.69) is 47.4 Å². The molecule has 1 fully saturated rings. The number of rotatable bonds is 4. The van der Waals surface area contributed by atoms with Crippen LogP contribution in [0.1, 0.15) is 43.4 Å². The smallest absolute Gasteiger partial charge is 0.317 e. The standard InChI is InChI=1S/C19H30N6O2/c1-14-17(15(2)27-22-14)11-20-18(26)24-8-6-23(7-9-24)12-16-10-21-25(13-16)19(3,4)5/h10,13H,6-9,11-12H2,1-5H3,(H,20,26). The number of amides is 2. The van der Waals surface area contributed by atoms with Crippen LogP contribution in [-0.4, -0.2) is 56.9 Å². The minimum Gasteiger partial charge on any atom is -0.361 e. The van der Waals surface area contributed by atoms with Crippen LogP contribution in [0, 0.1) is 13.8 Å². The number of carbonyl (C=O) groups is 1. The number of nitrogens with one attached hydrogen (secondary N) is 1. The molecule has 27 heavy (non-hydrogen) atoms. The van der Waals surface area contributed by atoms with Crippen molar-refractivity contribution in [3.8, 4) is 0 Å². The Morgan fingerprint density at radius 3 is 2.48 bits per heavy atom. The van der Waals surface area contributed by atoms with Gasteiger partial charge >= 0.3 is 6.03 Å². The average molecular weight is 374 g/mol. The van der Waals surface area contributed by atoms with Crippen LogP contribution < -0.4 is 5.32 Å². The lowest BCUT2D eigenvalue weighted by molar-refractivity contribution is 0.135. The van der Waals surface area contributed by atoms with Crippen LogP contribution in [0.3, 0.4) is 0 Å². The summed E-state index contributed by atoms with van der Waals surface area (Å²) in [5.74, 6) is 0.758. The van der Waals surface area contributed by atoms with Crippen molar-refractivity contribution >= 4 is 6.03 Å². The maximum Gasteiger partial charge on any atom is 0.317 e. The second-order valence-corrected chi connectivity index (χ2v) is 8.19. The first-order valence-corrected chi connectivity index (χ1v) is 9.45.